The highest BCUT2D eigenvalue weighted by Crippen LogP contribution is 2.43. The number of carbonyl (C=O) groups is 1. The summed E-state index contributed by atoms with van der Waals surface area (Å²) in [6, 6.07) is -1.03. The summed E-state index contributed by atoms with van der Waals surface area (Å²) >= 11 is 0. The fourth-order valence-electron chi connectivity index (χ4n) is 7.12. The van der Waals surface area contributed by atoms with Gasteiger partial charge in [-0.2, -0.15) is 13.2 Å². The molecule has 2 saturated carbocycles. The Morgan fingerprint density at radius 1 is 1.13 bits per heavy atom. The van der Waals surface area contributed by atoms with Crippen LogP contribution in [0.15, 0.2) is 12.4 Å². The van der Waals surface area contributed by atoms with Gasteiger partial charge in [0.2, 0.25) is 11.5 Å². The Bertz CT molecular complexity index is 1010. The summed E-state index contributed by atoms with van der Waals surface area (Å²) in [5, 5.41) is 14.8. The van der Waals surface area contributed by atoms with Crippen molar-refractivity contribution < 1.29 is 26.7 Å². The molecule has 4 rings (SSSR count). The molecule has 1 amide bonds. The molecule has 2 aliphatic carbocycles. The second kappa shape index (κ2) is 11.7. The summed E-state index contributed by atoms with van der Waals surface area (Å²) in [6.45, 7) is 4.35. The number of imidazole rings is 1. The first-order chi connectivity index (χ1) is 17.8. The molecule has 1 aliphatic heterocycles. The summed E-state index contributed by atoms with van der Waals surface area (Å²) in [4.78, 5) is 13.4. The highest BCUT2D eigenvalue weighted by molar-refractivity contribution is 5.82. The number of aromatic nitrogens is 2. The van der Waals surface area contributed by atoms with Gasteiger partial charge in [0.25, 0.3) is 0 Å². The van der Waals surface area contributed by atoms with Crippen molar-refractivity contribution >= 4 is 5.91 Å². The molecule has 3 fully saturated rings. The maximum atomic E-state index is 14.0. The van der Waals surface area contributed by atoms with Crippen molar-refractivity contribution in [3.63, 3.8) is 0 Å². The van der Waals surface area contributed by atoms with Gasteiger partial charge in [-0.15, -0.1) is 0 Å². The second-order valence-electron chi connectivity index (χ2n) is 12.1. The van der Waals surface area contributed by atoms with Crippen LogP contribution in [0, 0.1) is 35.0 Å². The molecule has 11 heteroatoms. The van der Waals surface area contributed by atoms with Crippen LogP contribution in [0.5, 0.6) is 0 Å². The predicted molar refractivity (Wildman–Crippen MR) is 133 cm³/mol. The van der Waals surface area contributed by atoms with Crippen molar-refractivity contribution in [1.82, 2.24) is 19.8 Å². The van der Waals surface area contributed by atoms with Gasteiger partial charge in [-0.25, -0.2) is 8.78 Å². The number of rotatable bonds is 6. The van der Waals surface area contributed by atoms with Crippen LogP contribution in [-0.2, 0) is 18.4 Å². The third-order valence-electron chi connectivity index (χ3n) is 9.41. The lowest BCUT2D eigenvalue weighted by molar-refractivity contribution is -0.203. The van der Waals surface area contributed by atoms with Crippen molar-refractivity contribution in [2.75, 3.05) is 0 Å². The Balaban J connectivity index is 1.45. The molecule has 38 heavy (non-hydrogen) atoms. The Labute approximate surface area is 221 Å². The SMILES string of the molecule is CC1CC(F)CCC1C1CC(Cn2ccn(C)c2=N)CC(C(=O)N[C@H](C)C2CCC(F)C(C(F)(F)F)C2)N1. The van der Waals surface area contributed by atoms with Crippen LogP contribution in [-0.4, -0.2) is 51.7 Å². The van der Waals surface area contributed by atoms with E-state index in [0.29, 0.717) is 37.8 Å². The van der Waals surface area contributed by atoms with Gasteiger partial charge in [0.05, 0.1) is 12.0 Å². The van der Waals surface area contributed by atoms with Gasteiger partial charge in [-0.3, -0.25) is 10.2 Å². The van der Waals surface area contributed by atoms with E-state index in [4.69, 9.17) is 5.41 Å². The molecular weight excluding hydrogens is 505 g/mol. The van der Waals surface area contributed by atoms with E-state index < -0.39 is 42.4 Å². The lowest BCUT2D eigenvalue weighted by Gasteiger charge is -2.44. The van der Waals surface area contributed by atoms with Gasteiger partial charge in [0.1, 0.15) is 12.3 Å². The summed E-state index contributed by atoms with van der Waals surface area (Å²) in [6.07, 6.45) is -0.692. The molecular formula is C27H42F5N5O. The average Bonchev–Trinajstić information content (AvgIpc) is 3.15. The van der Waals surface area contributed by atoms with Gasteiger partial charge < -0.3 is 19.8 Å². The molecule has 3 aliphatic rings. The first kappa shape index (κ1) is 29.1. The molecule has 0 aromatic carbocycles. The third kappa shape index (κ3) is 6.62. The first-order valence-corrected chi connectivity index (χ1v) is 14.0. The van der Waals surface area contributed by atoms with Crippen LogP contribution in [0.3, 0.4) is 0 Å². The van der Waals surface area contributed by atoms with E-state index in [1.165, 1.54) is 0 Å². The molecule has 6 nitrogen and oxygen atoms in total. The number of halogens is 5. The maximum Gasteiger partial charge on any atom is 0.394 e. The van der Waals surface area contributed by atoms with Crippen molar-refractivity contribution in [2.24, 2.45) is 36.6 Å². The summed E-state index contributed by atoms with van der Waals surface area (Å²) in [5.41, 5.74) is 0.365. The minimum Gasteiger partial charge on any atom is -0.352 e. The largest absolute Gasteiger partial charge is 0.394 e. The minimum absolute atomic E-state index is 0.0115. The van der Waals surface area contributed by atoms with Crippen molar-refractivity contribution in [2.45, 2.75) is 108 Å². The number of aryl methyl sites for hydroxylation is 1. The molecule has 1 aromatic heterocycles. The Morgan fingerprint density at radius 2 is 1.87 bits per heavy atom. The summed E-state index contributed by atoms with van der Waals surface area (Å²) in [7, 11) is 1.80. The van der Waals surface area contributed by atoms with Crippen LogP contribution in [0.2, 0.25) is 0 Å². The van der Waals surface area contributed by atoms with Crippen LogP contribution in [0.25, 0.3) is 0 Å². The number of hydrogen-bond donors (Lipinski definition) is 3. The molecule has 216 valence electrons. The average molecular weight is 548 g/mol. The third-order valence-corrected chi connectivity index (χ3v) is 9.41. The van der Waals surface area contributed by atoms with Crippen LogP contribution in [0.1, 0.15) is 65.2 Å². The van der Waals surface area contributed by atoms with Gasteiger partial charge in [-0.1, -0.05) is 6.92 Å². The van der Waals surface area contributed by atoms with Crippen molar-refractivity contribution in [1.29, 1.82) is 5.41 Å². The van der Waals surface area contributed by atoms with Crippen molar-refractivity contribution in [3.8, 4) is 0 Å². The van der Waals surface area contributed by atoms with E-state index in [1.807, 2.05) is 17.0 Å². The Kier molecular flexibility index (Phi) is 8.94. The number of alkyl halides is 5. The Morgan fingerprint density at radius 3 is 2.50 bits per heavy atom. The molecule has 9 unspecified atom stereocenters. The standard InChI is InChI=1S/C27H42F5N5O/c1-15-10-19(28)5-6-20(15)23-11-17(14-37-9-8-36(3)26(37)33)12-24(35-23)25(38)34-16(2)18-4-7-22(29)21(13-18)27(30,31)32/h8-9,15-24,33,35H,4-7,10-14H2,1-3H3,(H,34,38)/t15?,16-,17?,18?,19?,20?,21?,22?,23?,24?/m1/s1. The molecule has 1 saturated heterocycles. The lowest BCUT2D eigenvalue weighted by atomic mass is 9.71. The quantitative estimate of drug-likeness (QED) is 0.454. The topological polar surface area (TPSA) is 74.8 Å². The smallest absolute Gasteiger partial charge is 0.352 e. The number of hydrogen-bond acceptors (Lipinski definition) is 3. The minimum atomic E-state index is -4.59. The van der Waals surface area contributed by atoms with E-state index in [-0.39, 0.29) is 42.5 Å². The zero-order valence-corrected chi connectivity index (χ0v) is 22.5. The number of piperidine rings is 1. The highest BCUT2D eigenvalue weighted by atomic mass is 19.4. The number of nitrogens with zero attached hydrogens (tertiary/aromatic N) is 2. The van der Waals surface area contributed by atoms with E-state index in [1.54, 1.807) is 18.5 Å². The first-order valence-electron chi connectivity index (χ1n) is 14.0. The monoisotopic (exact) mass is 547 g/mol. The normalized spacial score (nSPS) is 37.5. The zero-order chi connectivity index (χ0) is 27.8. The molecule has 1 aromatic rings. The Hall–Kier alpha value is -1.91. The van der Waals surface area contributed by atoms with E-state index >= 15 is 0 Å². The predicted octanol–water partition coefficient (Wildman–Crippen LogP) is 4.64. The molecule has 0 radical (unpaired) electrons. The summed E-state index contributed by atoms with van der Waals surface area (Å²) < 4.78 is 71.6. The van der Waals surface area contributed by atoms with Gasteiger partial charge in [0, 0.05) is 38.1 Å². The number of carbonyl (C=O) groups excluding carboxylic acids is 1. The molecule has 2 heterocycles. The van der Waals surface area contributed by atoms with Crippen LogP contribution in [0.4, 0.5) is 22.0 Å². The lowest BCUT2D eigenvalue weighted by Crippen LogP contribution is -2.58. The van der Waals surface area contributed by atoms with Crippen molar-refractivity contribution in [3.05, 3.63) is 18.0 Å². The van der Waals surface area contributed by atoms with Gasteiger partial charge >= 0.3 is 6.18 Å². The van der Waals surface area contributed by atoms with E-state index in [9.17, 15) is 26.7 Å². The van der Waals surface area contributed by atoms with Crippen LogP contribution >= 0.6 is 0 Å². The number of amides is 1. The summed E-state index contributed by atoms with van der Waals surface area (Å²) in [5.74, 6) is -2.19. The second-order valence-corrected chi connectivity index (χ2v) is 12.1. The van der Waals surface area contributed by atoms with Gasteiger partial charge in [0.15, 0.2) is 0 Å². The number of nitrogens with one attached hydrogen (secondary N) is 3. The van der Waals surface area contributed by atoms with Crippen LogP contribution < -0.4 is 16.3 Å². The zero-order valence-electron chi connectivity index (χ0n) is 22.5. The molecule has 0 bridgehead atoms. The molecule has 0 spiro atoms. The molecule has 3 N–H and O–H groups in total. The maximum absolute atomic E-state index is 14.0. The molecule has 10 atom stereocenters. The fraction of sp³-hybridized carbons (Fsp3) is 0.852. The van der Waals surface area contributed by atoms with E-state index in [0.717, 1.165) is 12.8 Å². The fourth-order valence-corrected chi connectivity index (χ4v) is 7.12. The highest BCUT2D eigenvalue weighted by Gasteiger charge is 2.49. The van der Waals surface area contributed by atoms with Gasteiger partial charge in [-0.05, 0) is 82.0 Å². The van der Waals surface area contributed by atoms with E-state index in [2.05, 4.69) is 17.6 Å².